The van der Waals surface area contributed by atoms with Crippen LogP contribution >= 0.6 is 0 Å². The largest absolute Gasteiger partial charge is 0.493 e. The van der Waals surface area contributed by atoms with Crippen molar-refractivity contribution in [2.45, 2.75) is 62.3 Å². The first-order chi connectivity index (χ1) is 21.4. The van der Waals surface area contributed by atoms with E-state index in [1.54, 1.807) is 13.2 Å². The SMILES string of the molecule is COc1ccc2c3c1O[C@H]1[C@@H](N(C)C(=O)C=Cc4ccccc4)CC[C@H]4[C@@H](C2)N(CC(OC(C)=O)c2ccccc2)CC[C@@]341. The lowest BCUT2D eigenvalue weighted by molar-refractivity contribution is -0.150. The highest BCUT2D eigenvalue weighted by molar-refractivity contribution is 5.92. The van der Waals surface area contributed by atoms with E-state index in [-0.39, 0.29) is 41.6 Å². The van der Waals surface area contributed by atoms with Gasteiger partial charge in [-0.2, -0.15) is 0 Å². The van der Waals surface area contributed by atoms with Crippen LogP contribution in [0.3, 0.4) is 0 Å². The van der Waals surface area contributed by atoms with Crippen LogP contribution in [0.4, 0.5) is 0 Å². The molecule has 2 bridgehead atoms. The normalized spacial score (nSPS) is 27.2. The van der Waals surface area contributed by atoms with Crippen LogP contribution in [0.15, 0.2) is 78.9 Å². The van der Waals surface area contributed by atoms with Gasteiger partial charge in [-0.25, -0.2) is 0 Å². The number of likely N-dealkylation sites (N-methyl/N-ethyl adjacent to an activating group) is 1. The van der Waals surface area contributed by atoms with E-state index < -0.39 is 0 Å². The molecule has 228 valence electrons. The first kappa shape index (κ1) is 28.7. The average molecular weight is 593 g/mol. The van der Waals surface area contributed by atoms with Crippen molar-refractivity contribution in [2.75, 3.05) is 27.2 Å². The number of likely N-dealkylation sites (tertiary alicyclic amines) is 1. The molecule has 7 heteroatoms. The number of rotatable bonds is 8. The fourth-order valence-corrected chi connectivity index (χ4v) is 8.68. The maximum atomic E-state index is 13.5. The third-order valence-electron chi connectivity index (χ3n) is 10.5. The average Bonchev–Trinajstić information content (AvgIpc) is 3.39. The minimum Gasteiger partial charge on any atom is -0.493 e. The summed E-state index contributed by atoms with van der Waals surface area (Å²) in [6.07, 6.45) is 6.75. The van der Waals surface area contributed by atoms with Crippen molar-refractivity contribution < 1.29 is 23.8 Å². The molecule has 1 saturated heterocycles. The van der Waals surface area contributed by atoms with Crippen molar-refractivity contribution in [3.63, 3.8) is 0 Å². The van der Waals surface area contributed by atoms with Crippen LogP contribution in [0.2, 0.25) is 0 Å². The molecule has 2 aliphatic carbocycles. The molecule has 7 nitrogen and oxygen atoms in total. The molecular weight excluding hydrogens is 552 g/mol. The molecule has 0 N–H and O–H groups in total. The maximum absolute atomic E-state index is 13.5. The Bertz CT molecular complexity index is 1570. The molecule has 1 unspecified atom stereocenters. The Morgan fingerprint density at radius 3 is 2.55 bits per heavy atom. The molecule has 44 heavy (non-hydrogen) atoms. The van der Waals surface area contributed by atoms with Crippen molar-refractivity contribution in [3.8, 4) is 11.5 Å². The van der Waals surface area contributed by atoms with E-state index in [1.165, 1.54) is 18.1 Å². The molecule has 1 saturated carbocycles. The maximum Gasteiger partial charge on any atom is 0.303 e. The van der Waals surface area contributed by atoms with E-state index in [4.69, 9.17) is 14.2 Å². The number of amides is 1. The molecular formula is C37H40N2O5. The van der Waals surface area contributed by atoms with Crippen LogP contribution in [-0.2, 0) is 26.2 Å². The molecule has 1 amide bonds. The van der Waals surface area contributed by atoms with Gasteiger partial charge < -0.3 is 19.1 Å². The zero-order valence-electron chi connectivity index (χ0n) is 25.6. The Labute approximate surface area is 259 Å². The summed E-state index contributed by atoms with van der Waals surface area (Å²) in [4.78, 5) is 30.1. The van der Waals surface area contributed by atoms with Crippen molar-refractivity contribution in [1.82, 2.24) is 9.80 Å². The van der Waals surface area contributed by atoms with Gasteiger partial charge >= 0.3 is 5.97 Å². The summed E-state index contributed by atoms with van der Waals surface area (Å²) in [7, 11) is 3.62. The summed E-state index contributed by atoms with van der Waals surface area (Å²) < 4.78 is 18.7. The molecule has 4 aliphatic rings. The van der Waals surface area contributed by atoms with Gasteiger partial charge in [0.15, 0.2) is 11.5 Å². The highest BCUT2D eigenvalue weighted by Crippen LogP contribution is 2.64. The van der Waals surface area contributed by atoms with Crippen molar-refractivity contribution in [2.24, 2.45) is 5.92 Å². The number of carbonyl (C=O) groups excluding carboxylic acids is 2. The lowest BCUT2D eigenvalue weighted by atomic mass is 9.51. The number of ether oxygens (including phenoxy) is 3. The van der Waals surface area contributed by atoms with Gasteiger partial charge in [0.25, 0.3) is 0 Å². The fraction of sp³-hybridized carbons (Fsp3) is 0.405. The van der Waals surface area contributed by atoms with Crippen LogP contribution in [-0.4, -0.2) is 67.1 Å². The van der Waals surface area contributed by atoms with Crippen LogP contribution in [0.25, 0.3) is 6.08 Å². The Hall–Kier alpha value is -4.10. The minimum atomic E-state index is -0.331. The molecule has 0 aromatic heterocycles. The number of piperidine rings is 1. The van der Waals surface area contributed by atoms with Gasteiger partial charge in [0, 0.05) is 43.6 Å². The molecule has 7 rings (SSSR count). The Morgan fingerprint density at radius 1 is 1.07 bits per heavy atom. The van der Waals surface area contributed by atoms with Gasteiger partial charge in [-0.05, 0) is 67.0 Å². The molecule has 2 aliphatic heterocycles. The van der Waals surface area contributed by atoms with Gasteiger partial charge in [-0.3, -0.25) is 14.5 Å². The highest BCUT2D eigenvalue weighted by atomic mass is 16.5. The monoisotopic (exact) mass is 592 g/mol. The zero-order chi connectivity index (χ0) is 30.4. The summed E-state index contributed by atoms with van der Waals surface area (Å²) in [5.41, 5.74) is 4.41. The highest BCUT2D eigenvalue weighted by Gasteiger charge is 2.66. The summed E-state index contributed by atoms with van der Waals surface area (Å²) in [5.74, 6) is 1.70. The molecule has 2 heterocycles. The Balaban J connectivity index is 1.22. The second-order valence-electron chi connectivity index (χ2n) is 12.7. The quantitative estimate of drug-likeness (QED) is 0.251. The van der Waals surface area contributed by atoms with Crippen LogP contribution in [0.5, 0.6) is 11.5 Å². The summed E-state index contributed by atoms with van der Waals surface area (Å²) in [6, 6.07) is 24.4. The van der Waals surface area contributed by atoms with Crippen LogP contribution in [0, 0.1) is 5.92 Å². The molecule has 3 aromatic rings. The van der Waals surface area contributed by atoms with E-state index in [9.17, 15) is 9.59 Å². The molecule has 2 fully saturated rings. The molecule has 1 spiro atoms. The van der Waals surface area contributed by atoms with Crippen molar-refractivity contribution in [3.05, 3.63) is 101 Å². The van der Waals surface area contributed by atoms with E-state index >= 15 is 0 Å². The Kier molecular flexibility index (Phi) is 7.45. The smallest absolute Gasteiger partial charge is 0.303 e. The molecule has 6 atom stereocenters. The Morgan fingerprint density at radius 2 is 1.82 bits per heavy atom. The second kappa shape index (κ2) is 11.4. The van der Waals surface area contributed by atoms with E-state index in [2.05, 4.69) is 11.0 Å². The third kappa shape index (κ3) is 4.69. The van der Waals surface area contributed by atoms with Gasteiger partial charge in [0.1, 0.15) is 12.2 Å². The van der Waals surface area contributed by atoms with Crippen molar-refractivity contribution in [1.29, 1.82) is 0 Å². The van der Waals surface area contributed by atoms with E-state index in [0.29, 0.717) is 12.5 Å². The number of benzene rings is 3. The number of carbonyl (C=O) groups is 2. The first-order valence-corrected chi connectivity index (χ1v) is 15.7. The number of nitrogens with zero attached hydrogens (tertiary/aromatic N) is 2. The number of hydrogen-bond acceptors (Lipinski definition) is 6. The first-order valence-electron chi connectivity index (χ1n) is 15.7. The number of esters is 1. The predicted octanol–water partition coefficient (Wildman–Crippen LogP) is 5.58. The topological polar surface area (TPSA) is 68.3 Å². The van der Waals surface area contributed by atoms with Crippen LogP contribution in [0.1, 0.15) is 54.5 Å². The van der Waals surface area contributed by atoms with E-state index in [0.717, 1.165) is 54.9 Å². The summed E-state index contributed by atoms with van der Waals surface area (Å²) in [5, 5.41) is 0. The van der Waals surface area contributed by atoms with Gasteiger partial charge in [0.05, 0.1) is 13.2 Å². The van der Waals surface area contributed by atoms with Gasteiger partial charge in [0.2, 0.25) is 5.91 Å². The van der Waals surface area contributed by atoms with Crippen LogP contribution < -0.4 is 9.47 Å². The fourth-order valence-electron chi connectivity index (χ4n) is 8.68. The third-order valence-corrected chi connectivity index (χ3v) is 10.5. The minimum absolute atomic E-state index is 0.0164. The molecule has 0 radical (unpaired) electrons. The van der Waals surface area contributed by atoms with Gasteiger partial charge in [-0.1, -0.05) is 66.7 Å². The zero-order valence-corrected chi connectivity index (χ0v) is 25.6. The summed E-state index contributed by atoms with van der Waals surface area (Å²) >= 11 is 0. The van der Waals surface area contributed by atoms with E-state index in [1.807, 2.05) is 84.8 Å². The number of hydrogen-bond donors (Lipinski definition) is 0. The lowest BCUT2D eigenvalue weighted by Crippen LogP contribution is -2.69. The predicted molar refractivity (Wildman–Crippen MR) is 168 cm³/mol. The van der Waals surface area contributed by atoms with Gasteiger partial charge in [-0.15, -0.1) is 0 Å². The number of methoxy groups -OCH3 is 1. The van der Waals surface area contributed by atoms with Crippen molar-refractivity contribution >= 4 is 18.0 Å². The lowest BCUT2D eigenvalue weighted by Gasteiger charge is -2.60. The summed E-state index contributed by atoms with van der Waals surface area (Å²) in [6.45, 7) is 3.00. The standard InChI is InChI=1S/C37H40N2O5/c1-24(40)43-32(26-12-8-5-9-13-26)23-39-21-20-37-28-16-17-29(38(2)33(41)19-14-25-10-6-4-7-11-25)36(37)44-35-31(42-3)18-15-27(34(35)37)22-30(28)39/h4-15,18-19,28-30,32,36H,16-17,20-23H2,1-3H3/t28-,29-,30+,32?,36-,37-/m0/s1. The molecule has 3 aromatic carbocycles. The second-order valence-corrected chi connectivity index (χ2v) is 12.7.